The standard InChI is InChI=1S/C14H18N2O6S/c1-23(20,21)15-8-6-11(7-9-15)14(17)22-10-12-4-2-3-5-13(12)16(18)19/h2-5,11H,6-10H2,1H3. The molecule has 1 aliphatic heterocycles. The van der Waals surface area contributed by atoms with Gasteiger partial charge in [0.25, 0.3) is 5.69 Å². The lowest BCUT2D eigenvalue weighted by Crippen LogP contribution is -2.40. The third-order valence-electron chi connectivity index (χ3n) is 3.81. The van der Waals surface area contributed by atoms with Gasteiger partial charge in [0.15, 0.2) is 0 Å². The largest absolute Gasteiger partial charge is 0.460 e. The van der Waals surface area contributed by atoms with E-state index in [0.717, 1.165) is 6.26 Å². The van der Waals surface area contributed by atoms with Gasteiger partial charge in [0.2, 0.25) is 10.0 Å². The number of nitro groups is 1. The maximum absolute atomic E-state index is 12.0. The zero-order valence-corrected chi connectivity index (χ0v) is 13.5. The Hall–Kier alpha value is -2.00. The van der Waals surface area contributed by atoms with E-state index < -0.39 is 20.9 Å². The van der Waals surface area contributed by atoms with Gasteiger partial charge in [-0.25, -0.2) is 12.7 Å². The van der Waals surface area contributed by atoms with Gasteiger partial charge in [-0.3, -0.25) is 14.9 Å². The number of carbonyl (C=O) groups excluding carboxylic acids is 1. The number of sulfonamides is 1. The van der Waals surface area contributed by atoms with Gasteiger partial charge in [0.05, 0.1) is 22.7 Å². The van der Waals surface area contributed by atoms with Crippen LogP contribution in [-0.4, -0.2) is 43.0 Å². The highest BCUT2D eigenvalue weighted by Crippen LogP contribution is 2.23. The molecule has 23 heavy (non-hydrogen) atoms. The number of benzene rings is 1. The van der Waals surface area contributed by atoms with E-state index in [1.54, 1.807) is 12.1 Å². The van der Waals surface area contributed by atoms with Crippen molar-refractivity contribution in [2.75, 3.05) is 19.3 Å². The van der Waals surface area contributed by atoms with E-state index in [0.29, 0.717) is 18.4 Å². The van der Waals surface area contributed by atoms with Crippen LogP contribution in [0.3, 0.4) is 0 Å². The molecular formula is C14H18N2O6S. The first-order valence-electron chi connectivity index (χ1n) is 7.13. The molecule has 0 N–H and O–H groups in total. The van der Waals surface area contributed by atoms with Crippen molar-refractivity contribution in [2.45, 2.75) is 19.4 Å². The number of esters is 1. The van der Waals surface area contributed by atoms with Crippen LogP contribution in [0.15, 0.2) is 24.3 Å². The first-order valence-corrected chi connectivity index (χ1v) is 8.98. The molecule has 1 saturated heterocycles. The first kappa shape index (κ1) is 17.4. The zero-order chi connectivity index (χ0) is 17.0. The summed E-state index contributed by atoms with van der Waals surface area (Å²) in [5.74, 6) is -0.827. The molecule has 9 heteroatoms. The van der Waals surface area contributed by atoms with Crippen molar-refractivity contribution in [3.8, 4) is 0 Å². The summed E-state index contributed by atoms with van der Waals surface area (Å²) in [4.78, 5) is 22.4. The maximum atomic E-state index is 12.0. The molecule has 1 aromatic carbocycles. The fraction of sp³-hybridized carbons (Fsp3) is 0.500. The second-order valence-corrected chi connectivity index (χ2v) is 7.41. The van der Waals surface area contributed by atoms with E-state index >= 15 is 0 Å². The Morgan fingerprint density at radius 3 is 2.52 bits per heavy atom. The van der Waals surface area contributed by atoms with E-state index in [-0.39, 0.29) is 31.3 Å². The average Bonchev–Trinajstić information content (AvgIpc) is 2.52. The Kier molecular flexibility index (Phi) is 5.32. The van der Waals surface area contributed by atoms with Crippen LogP contribution in [0.4, 0.5) is 5.69 Å². The minimum atomic E-state index is -3.24. The van der Waals surface area contributed by atoms with Gasteiger partial charge >= 0.3 is 5.97 Å². The van der Waals surface area contributed by atoms with E-state index in [2.05, 4.69) is 0 Å². The molecule has 126 valence electrons. The summed E-state index contributed by atoms with van der Waals surface area (Å²) in [5, 5.41) is 10.9. The van der Waals surface area contributed by atoms with Crippen molar-refractivity contribution in [1.82, 2.24) is 4.31 Å². The number of hydrogen-bond acceptors (Lipinski definition) is 6. The smallest absolute Gasteiger partial charge is 0.309 e. The summed E-state index contributed by atoms with van der Waals surface area (Å²) in [5.41, 5.74) is 0.242. The first-order chi connectivity index (χ1) is 10.8. The molecule has 0 atom stereocenters. The van der Waals surface area contributed by atoms with E-state index in [9.17, 15) is 23.3 Å². The number of carbonyl (C=O) groups is 1. The van der Waals surface area contributed by atoms with Crippen LogP contribution in [-0.2, 0) is 26.2 Å². The molecule has 0 bridgehead atoms. The highest BCUT2D eigenvalue weighted by atomic mass is 32.2. The quantitative estimate of drug-likeness (QED) is 0.454. The summed E-state index contributed by atoms with van der Waals surface area (Å²) in [6.07, 6.45) is 1.92. The lowest BCUT2D eigenvalue weighted by molar-refractivity contribution is -0.385. The van der Waals surface area contributed by atoms with Crippen LogP contribution in [0.5, 0.6) is 0 Å². The Morgan fingerprint density at radius 2 is 1.96 bits per heavy atom. The summed E-state index contributed by atoms with van der Waals surface area (Å²) >= 11 is 0. The molecule has 0 saturated carbocycles. The van der Waals surface area contributed by atoms with Crippen LogP contribution in [0.1, 0.15) is 18.4 Å². The summed E-state index contributed by atoms with van der Waals surface area (Å²) < 4.78 is 29.3. The molecule has 1 fully saturated rings. The number of piperidine rings is 1. The minimum Gasteiger partial charge on any atom is -0.460 e. The Labute approximate surface area is 134 Å². The van der Waals surface area contributed by atoms with Gasteiger partial charge < -0.3 is 4.74 Å². The zero-order valence-electron chi connectivity index (χ0n) is 12.7. The fourth-order valence-electron chi connectivity index (χ4n) is 2.50. The number of ether oxygens (including phenoxy) is 1. The predicted molar refractivity (Wildman–Crippen MR) is 82.0 cm³/mol. The van der Waals surface area contributed by atoms with E-state index in [1.807, 2.05) is 0 Å². The molecule has 0 radical (unpaired) electrons. The molecular weight excluding hydrogens is 324 g/mol. The molecule has 0 unspecified atom stereocenters. The molecule has 0 aliphatic carbocycles. The van der Waals surface area contributed by atoms with Crippen molar-refractivity contribution in [2.24, 2.45) is 5.92 Å². The third-order valence-corrected chi connectivity index (χ3v) is 5.12. The monoisotopic (exact) mass is 342 g/mol. The van der Waals surface area contributed by atoms with Crippen molar-refractivity contribution in [1.29, 1.82) is 0 Å². The molecule has 2 rings (SSSR count). The summed E-state index contributed by atoms with van der Waals surface area (Å²) in [6.45, 7) is 0.399. The summed E-state index contributed by atoms with van der Waals surface area (Å²) in [6, 6.07) is 6.08. The van der Waals surface area contributed by atoms with Gasteiger partial charge in [0.1, 0.15) is 6.61 Å². The molecule has 1 aliphatic rings. The Bertz CT molecular complexity index is 695. The number of hydrogen-bond donors (Lipinski definition) is 0. The third kappa shape index (κ3) is 4.49. The SMILES string of the molecule is CS(=O)(=O)N1CCC(C(=O)OCc2ccccc2[N+](=O)[O-])CC1. The number of nitro benzene ring substituents is 1. The highest BCUT2D eigenvalue weighted by Gasteiger charge is 2.30. The average molecular weight is 342 g/mol. The van der Waals surface area contributed by atoms with Gasteiger partial charge in [0, 0.05) is 19.2 Å². The topological polar surface area (TPSA) is 107 Å². The molecule has 0 amide bonds. The van der Waals surface area contributed by atoms with E-state index in [1.165, 1.54) is 16.4 Å². The number of rotatable bonds is 5. The van der Waals surface area contributed by atoms with Crippen LogP contribution < -0.4 is 0 Å². The van der Waals surface area contributed by atoms with Gasteiger partial charge in [-0.2, -0.15) is 0 Å². The van der Waals surface area contributed by atoms with Crippen molar-refractivity contribution in [3.63, 3.8) is 0 Å². The number of nitrogens with zero attached hydrogens (tertiary/aromatic N) is 2. The fourth-order valence-corrected chi connectivity index (χ4v) is 3.37. The predicted octanol–water partition coefficient (Wildman–Crippen LogP) is 1.31. The molecule has 1 aromatic rings. The van der Waals surface area contributed by atoms with Crippen LogP contribution in [0.25, 0.3) is 0 Å². The molecule has 0 aromatic heterocycles. The number of para-hydroxylation sites is 1. The van der Waals surface area contributed by atoms with Gasteiger partial charge in [-0.1, -0.05) is 12.1 Å². The Balaban J connectivity index is 1.91. The summed E-state index contributed by atoms with van der Waals surface area (Å²) in [7, 11) is -3.24. The lowest BCUT2D eigenvalue weighted by atomic mass is 9.98. The van der Waals surface area contributed by atoms with Crippen LogP contribution in [0, 0.1) is 16.0 Å². The van der Waals surface area contributed by atoms with E-state index in [4.69, 9.17) is 4.74 Å². The van der Waals surface area contributed by atoms with Crippen molar-refractivity contribution >= 4 is 21.7 Å². The van der Waals surface area contributed by atoms with Gasteiger partial charge in [-0.05, 0) is 18.9 Å². The van der Waals surface area contributed by atoms with Crippen LogP contribution in [0.2, 0.25) is 0 Å². The molecule has 8 nitrogen and oxygen atoms in total. The van der Waals surface area contributed by atoms with Crippen LogP contribution >= 0.6 is 0 Å². The Morgan fingerprint density at radius 1 is 1.35 bits per heavy atom. The lowest BCUT2D eigenvalue weighted by Gasteiger charge is -2.28. The highest BCUT2D eigenvalue weighted by molar-refractivity contribution is 7.88. The molecule has 1 heterocycles. The minimum absolute atomic E-state index is 0.0906. The normalized spacial score (nSPS) is 16.9. The van der Waals surface area contributed by atoms with Gasteiger partial charge in [-0.15, -0.1) is 0 Å². The second-order valence-electron chi connectivity index (χ2n) is 5.43. The van der Waals surface area contributed by atoms with Crippen molar-refractivity contribution in [3.05, 3.63) is 39.9 Å². The van der Waals surface area contributed by atoms with Crippen molar-refractivity contribution < 1.29 is 22.9 Å². The molecule has 0 spiro atoms. The maximum Gasteiger partial charge on any atom is 0.309 e. The second kappa shape index (κ2) is 7.05.